The van der Waals surface area contributed by atoms with Crippen molar-refractivity contribution in [2.75, 3.05) is 0 Å². The van der Waals surface area contributed by atoms with Crippen molar-refractivity contribution in [3.8, 4) is 0 Å². The summed E-state index contributed by atoms with van der Waals surface area (Å²) in [5, 5.41) is 5.09. The van der Waals surface area contributed by atoms with Crippen molar-refractivity contribution in [2.24, 2.45) is 0 Å². The minimum atomic E-state index is -2.68. The second-order valence-electron chi connectivity index (χ2n) is 5.42. The summed E-state index contributed by atoms with van der Waals surface area (Å²) in [6, 6.07) is 20.1. The Bertz CT molecular complexity index is 593. The molecule has 3 rings (SSSR count). The smallest absolute Gasteiger partial charge is 0.163 e. The van der Waals surface area contributed by atoms with E-state index >= 15 is 0 Å². The van der Waals surface area contributed by atoms with Gasteiger partial charge in [-0.3, -0.25) is 5.32 Å². The largest absolute Gasteiger partial charge is 0.312 e. The summed E-state index contributed by atoms with van der Waals surface area (Å²) in [4.78, 5) is 0. The van der Waals surface area contributed by atoms with Gasteiger partial charge in [0.15, 0.2) is 7.14 Å². The predicted molar refractivity (Wildman–Crippen MR) is 85.4 cm³/mol. The highest BCUT2D eigenvalue weighted by atomic mass is 31.2. The molecule has 0 saturated carbocycles. The monoisotopic (exact) mass is 285 g/mol. The lowest BCUT2D eigenvalue weighted by Gasteiger charge is -2.27. The Balaban J connectivity index is 2.22. The van der Waals surface area contributed by atoms with Crippen LogP contribution in [-0.2, 0) is 4.57 Å². The summed E-state index contributed by atoms with van der Waals surface area (Å²) in [6.45, 7) is 4.25. The van der Waals surface area contributed by atoms with Gasteiger partial charge in [-0.2, -0.15) is 0 Å². The van der Waals surface area contributed by atoms with Crippen LogP contribution in [0.5, 0.6) is 0 Å². The number of hydrogen-bond donors (Lipinski definition) is 1. The fraction of sp³-hybridized carbons (Fsp3) is 0.294. The van der Waals surface area contributed by atoms with Crippen molar-refractivity contribution < 1.29 is 4.57 Å². The van der Waals surface area contributed by atoms with Gasteiger partial charge in [-0.25, -0.2) is 0 Å². The minimum absolute atomic E-state index is 0.282. The summed E-state index contributed by atoms with van der Waals surface area (Å²) in [5.41, 5.74) is 0. The molecule has 0 spiro atoms. The minimum Gasteiger partial charge on any atom is -0.312 e. The maximum Gasteiger partial charge on any atom is 0.163 e. The van der Waals surface area contributed by atoms with Gasteiger partial charge in [-0.05, 0) is 13.3 Å². The van der Waals surface area contributed by atoms with E-state index in [0.29, 0.717) is 6.04 Å². The van der Waals surface area contributed by atoms with E-state index in [1.54, 1.807) is 0 Å². The summed E-state index contributed by atoms with van der Waals surface area (Å²) in [6.07, 6.45) is 0.870. The first-order valence-corrected chi connectivity index (χ1v) is 8.85. The van der Waals surface area contributed by atoms with Gasteiger partial charge in [0, 0.05) is 16.7 Å². The first kappa shape index (κ1) is 13.6. The Morgan fingerprint density at radius 2 is 1.40 bits per heavy atom. The third-order valence-electron chi connectivity index (χ3n) is 4.44. The van der Waals surface area contributed by atoms with Crippen LogP contribution in [0.25, 0.3) is 0 Å². The van der Waals surface area contributed by atoms with E-state index in [0.717, 1.165) is 17.0 Å². The molecule has 20 heavy (non-hydrogen) atoms. The Morgan fingerprint density at radius 3 is 1.70 bits per heavy atom. The number of nitrogens with one attached hydrogen (secondary N) is 1. The van der Waals surface area contributed by atoms with E-state index in [1.807, 2.05) is 60.7 Å². The molecule has 2 aromatic rings. The van der Waals surface area contributed by atoms with E-state index in [4.69, 9.17) is 0 Å². The lowest BCUT2D eigenvalue weighted by Crippen LogP contribution is -2.30. The molecule has 1 heterocycles. The molecular formula is C17H20NOP. The van der Waals surface area contributed by atoms with Crippen molar-refractivity contribution in [3.63, 3.8) is 0 Å². The molecule has 1 saturated heterocycles. The fourth-order valence-electron chi connectivity index (χ4n) is 3.21. The van der Waals surface area contributed by atoms with Gasteiger partial charge in [0.1, 0.15) is 0 Å². The Labute approximate surface area is 120 Å². The molecule has 104 valence electrons. The Hall–Kier alpha value is -1.37. The molecule has 1 N–H and O–H groups in total. The Morgan fingerprint density at radius 1 is 1.00 bits per heavy atom. The molecule has 1 aliphatic heterocycles. The van der Waals surface area contributed by atoms with Crippen LogP contribution in [0.15, 0.2) is 60.7 Å². The van der Waals surface area contributed by atoms with Crippen molar-refractivity contribution in [2.45, 2.75) is 31.6 Å². The van der Waals surface area contributed by atoms with Gasteiger partial charge >= 0.3 is 0 Å². The molecule has 2 atom stereocenters. The van der Waals surface area contributed by atoms with E-state index in [9.17, 15) is 4.57 Å². The molecule has 0 unspecified atom stereocenters. The van der Waals surface area contributed by atoms with E-state index in [-0.39, 0.29) is 5.28 Å². The van der Waals surface area contributed by atoms with Crippen LogP contribution in [0, 0.1) is 0 Å². The maximum atomic E-state index is 14.1. The van der Waals surface area contributed by atoms with Gasteiger partial charge in [0.2, 0.25) is 0 Å². The topological polar surface area (TPSA) is 39.0 Å². The van der Waals surface area contributed by atoms with E-state index < -0.39 is 7.14 Å². The average Bonchev–Trinajstić information content (AvgIpc) is 3.20. The number of rotatable bonds is 4. The molecule has 0 bridgehead atoms. The zero-order chi connectivity index (χ0) is 14.2. The highest BCUT2D eigenvalue weighted by molar-refractivity contribution is 7.80. The van der Waals surface area contributed by atoms with Crippen molar-refractivity contribution >= 4 is 17.8 Å². The number of benzene rings is 2. The maximum absolute atomic E-state index is 14.1. The normalized spacial score (nSPS) is 25.4. The zero-order valence-electron chi connectivity index (χ0n) is 11.9. The van der Waals surface area contributed by atoms with Crippen LogP contribution < -0.4 is 15.9 Å². The molecule has 2 nitrogen and oxygen atoms in total. The Kier molecular flexibility index (Phi) is 3.32. The molecule has 2 aromatic carbocycles. The number of hydrogen-bond acceptors (Lipinski definition) is 2. The van der Waals surface area contributed by atoms with Crippen molar-refractivity contribution in [3.05, 3.63) is 60.7 Å². The summed E-state index contributed by atoms with van der Waals surface area (Å²) in [5.74, 6) is 0. The molecule has 3 heteroatoms. The summed E-state index contributed by atoms with van der Waals surface area (Å²) >= 11 is 0. The van der Waals surface area contributed by atoms with E-state index in [2.05, 4.69) is 19.2 Å². The second kappa shape index (κ2) is 4.87. The molecule has 1 fully saturated rings. The highest BCUT2D eigenvalue weighted by Crippen LogP contribution is 2.63. The lowest BCUT2D eigenvalue weighted by atomic mass is 10.3. The van der Waals surface area contributed by atoms with Crippen LogP contribution in [0.2, 0.25) is 0 Å². The fourth-order valence-corrected chi connectivity index (χ4v) is 6.98. The molecule has 1 aliphatic rings. The molecule has 0 aromatic heterocycles. The van der Waals surface area contributed by atoms with Crippen LogP contribution in [0.3, 0.4) is 0 Å². The molecule has 0 amide bonds. The second-order valence-corrected chi connectivity index (χ2v) is 8.47. The standard InChI is InChI=1S/C17H20NOP/c1-3-17(14(2)18-17)20(19,15-10-6-4-7-11-15)16-12-8-5-9-13-16/h4-14,18H,3H2,1-2H3/t14-,17+/m1/s1. The first-order valence-electron chi connectivity index (χ1n) is 7.14. The van der Waals surface area contributed by atoms with Gasteiger partial charge in [-0.1, -0.05) is 67.6 Å². The summed E-state index contributed by atoms with van der Waals surface area (Å²) in [7, 11) is -2.68. The van der Waals surface area contributed by atoms with Crippen LogP contribution in [0.1, 0.15) is 20.3 Å². The quantitative estimate of drug-likeness (QED) is 0.692. The SMILES string of the molecule is CC[C@@]1(P(=O)(c2ccccc2)c2ccccc2)N[C@@H]1C. The van der Waals surface area contributed by atoms with Gasteiger partial charge in [-0.15, -0.1) is 0 Å². The summed E-state index contributed by atoms with van der Waals surface area (Å²) < 4.78 is 14.1. The van der Waals surface area contributed by atoms with Crippen molar-refractivity contribution in [1.29, 1.82) is 0 Å². The molecular weight excluding hydrogens is 265 g/mol. The van der Waals surface area contributed by atoms with Crippen LogP contribution in [0.4, 0.5) is 0 Å². The van der Waals surface area contributed by atoms with Gasteiger partial charge in [0.25, 0.3) is 0 Å². The zero-order valence-corrected chi connectivity index (χ0v) is 12.8. The van der Waals surface area contributed by atoms with Crippen LogP contribution in [-0.4, -0.2) is 11.3 Å². The van der Waals surface area contributed by atoms with Crippen molar-refractivity contribution in [1.82, 2.24) is 5.32 Å². The molecule has 0 aliphatic carbocycles. The first-order chi connectivity index (χ1) is 9.65. The average molecular weight is 285 g/mol. The van der Waals surface area contributed by atoms with Gasteiger partial charge in [0.05, 0.1) is 5.28 Å². The predicted octanol–water partition coefficient (Wildman–Crippen LogP) is 3.10. The van der Waals surface area contributed by atoms with Gasteiger partial charge < -0.3 is 4.57 Å². The lowest BCUT2D eigenvalue weighted by molar-refractivity contribution is 0.569. The molecule has 0 radical (unpaired) electrons. The third-order valence-corrected chi connectivity index (χ3v) is 8.45. The van der Waals surface area contributed by atoms with Crippen LogP contribution >= 0.6 is 7.14 Å². The van der Waals surface area contributed by atoms with E-state index in [1.165, 1.54) is 0 Å². The highest BCUT2D eigenvalue weighted by Gasteiger charge is 2.62. The third kappa shape index (κ3) is 1.79.